The Labute approximate surface area is 204 Å². The highest BCUT2D eigenvalue weighted by Gasteiger charge is 2.43. The molecule has 1 heterocycles. The first-order valence-electron chi connectivity index (χ1n) is 11.2. The van der Waals surface area contributed by atoms with E-state index in [4.69, 9.17) is 19.9 Å². The fourth-order valence-corrected chi connectivity index (χ4v) is 4.49. The lowest BCUT2D eigenvalue weighted by molar-refractivity contribution is -0.119. The third kappa shape index (κ3) is 4.99. The Hall–Kier alpha value is -4.25. The van der Waals surface area contributed by atoms with E-state index in [-0.39, 0.29) is 35.2 Å². The average Bonchev–Trinajstić information content (AvgIpc) is 2.81. The van der Waals surface area contributed by atoms with E-state index in [1.54, 1.807) is 55.6 Å². The summed E-state index contributed by atoms with van der Waals surface area (Å²) in [5.41, 5.74) is 7.55. The second-order valence-electron chi connectivity index (χ2n) is 9.31. The molecule has 4 rings (SSSR count). The van der Waals surface area contributed by atoms with Crippen molar-refractivity contribution in [2.45, 2.75) is 32.6 Å². The van der Waals surface area contributed by atoms with E-state index in [0.717, 1.165) is 0 Å². The highest BCUT2D eigenvalue weighted by molar-refractivity contribution is 6.00. The third-order valence-corrected chi connectivity index (χ3v) is 6.02. The van der Waals surface area contributed by atoms with Crippen molar-refractivity contribution in [3.05, 3.63) is 76.9 Å². The molecular weight excluding hydrogens is 446 g/mol. The molecule has 1 unspecified atom stereocenters. The van der Waals surface area contributed by atoms with E-state index in [1.165, 1.54) is 0 Å². The number of hydrogen-bond acceptors (Lipinski definition) is 7. The number of Topliss-reactive ketones (excluding diaryl/α,β-unsaturated/α-hetero) is 1. The predicted octanol–water partition coefficient (Wildman–Crippen LogP) is 4.16. The Kier molecular flexibility index (Phi) is 6.52. The van der Waals surface area contributed by atoms with Gasteiger partial charge in [0.25, 0.3) is 5.91 Å². The zero-order chi connectivity index (χ0) is 25.2. The Morgan fingerprint density at radius 3 is 2.74 bits per heavy atom. The number of hydrogen-bond donors (Lipinski definition) is 2. The first kappa shape index (κ1) is 23.9. The molecule has 35 heavy (non-hydrogen) atoms. The van der Waals surface area contributed by atoms with Crippen LogP contribution in [-0.4, -0.2) is 25.4 Å². The number of methoxy groups -OCH3 is 1. The monoisotopic (exact) mass is 473 g/mol. The fourth-order valence-electron chi connectivity index (χ4n) is 4.49. The van der Waals surface area contributed by atoms with Gasteiger partial charge in [-0.05, 0) is 23.6 Å². The van der Waals surface area contributed by atoms with Crippen LogP contribution in [-0.2, 0) is 14.3 Å². The first-order chi connectivity index (χ1) is 16.7. The van der Waals surface area contributed by atoms with Crippen molar-refractivity contribution in [1.29, 1.82) is 5.26 Å². The van der Waals surface area contributed by atoms with Crippen LogP contribution < -0.4 is 20.5 Å². The lowest BCUT2D eigenvalue weighted by Crippen LogP contribution is -2.33. The molecule has 1 aliphatic heterocycles. The van der Waals surface area contributed by atoms with Crippen molar-refractivity contribution < 1.29 is 23.8 Å². The van der Waals surface area contributed by atoms with Gasteiger partial charge in [-0.25, -0.2) is 0 Å². The van der Waals surface area contributed by atoms with E-state index < -0.39 is 5.92 Å². The van der Waals surface area contributed by atoms with Crippen LogP contribution in [0.5, 0.6) is 11.5 Å². The van der Waals surface area contributed by atoms with Crippen molar-refractivity contribution in [2.75, 3.05) is 19.0 Å². The van der Waals surface area contributed by atoms with Crippen LogP contribution in [0.25, 0.3) is 0 Å². The molecule has 0 aromatic heterocycles. The number of allylic oxidation sites excluding steroid dienone is 3. The standard InChI is InChI=1S/C27H27N3O5/c1-27(2)12-20(31)25-22(13-27)35-26(29)19(14-28)24(25)18-9-4-5-10-21(18)34-15-23(32)30-16-7-6-8-17(11-16)33-3/h4-11,24H,12-13,15,29H2,1-3H3,(H,30,32). The Morgan fingerprint density at radius 1 is 1.23 bits per heavy atom. The van der Waals surface area contributed by atoms with E-state index in [9.17, 15) is 14.9 Å². The molecule has 0 saturated carbocycles. The molecule has 3 N–H and O–H groups in total. The smallest absolute Gasteiger partial charge is 0.262 e. The third-order valence-electron chi connectivity index (χ3n) is 6.02. The summed E-state index contributed by atoms with van der Waals surface area (Å²) >= 11 is 0. The predicted molar refractivity (Wildman–Crippen MR) is 129 cm³/mol. The number of ketones is 1. The number of nitriles is 1. The second-order valence-corrected chi connectivity index (χ2v) is 9.31. The molecule has 2 aromatic rings. The molecular formula is C27H27N3O5. The minimum atomic E-state index is -0.731. The van der Waals surface area contributed by atoms with E-state index in [2.05, 4.69) is 11.4 Å². The number of para-hydroxylation sites is 1. The Balaban J connectivity index is 1.62. The van der Waals surface area contributed by atoms with Gasteiger partial charge in [0.05, 0.1) is 13.0 Å². The summed E-state index contributed by atoms with van der Waals surface area (Å²) in [7, 11) is 1.55. The Bertz CT molecular complexity index is 1290. The van der Waals surface area contributed by atoms with E-state index >= 15 is 0 Å². The van der Waals surface area contributed by atoms with Crippen molar-refractivity contribution in [3.63, 3.8) is 0 Å². The molecule has 0 saturated heterocycles. The maximum atomic E-state index is 13.2. The summed E-state index contributed by atoms with van der Waals surface area (Å²) in [5.74, 6) is 0.269. The molecule has 0 fully saturated rings. The maximum Gasteiger partial charge on any atom is 0.262 e. The molecule has 2 aromatic carbocycles. The minimum absolute atomic E-state index is 0.0210. The van der Waals surface area contributed by atoms with Gasteiger partial charge in [0, 0.05) is 35.7 Å². The minimum Gasteiger partial charge on any atom is -0.497 e. The van der Waals surface area contributed by atoms with Crippen LogP contribution in [0.2, 0.25) is 0 Å². The Morgan fingerprint density at radius 2 is 2.00 bits per heavy atom. The molecule has 1 atom stereocenters. The summed E-state index contributed by atoms with van der Waals surface area (Å²) in [5, 5.41) is 12.6. The molecule has 0 bridgehead atoms. The highest BCUT2D eigenvalue weighted by atomic mass is 16.5. The number of benzene rings is 2. The maximum absolute atomic E-state index is 13.2. The molecule has 1 amide bonds. The van der Waals surface area contributed by atoms with Gasteiger partial charge in [-0.1, -0.05) is 38.1 Å². The second kappa shape index (κ2) is 9.55. The lowest BCUT2D eigenvalue weighted by atomic mass is 9.70. The highest BCUT2D eigenvalue weighted by Crippen LogP contribution is 2.49. The first-order valence-corrected chi connectivity index (χ1v) is 11.2. The lowest BCUT2D eigenvalue weighted by Gasteiger charge is -2.37. The normalized spacial score (nSPS) is 18.8. The van der Waals surface area contributed by atoms with Crippen LogP contribution >= 0.6 is 0 Å². The molecule has 2 aliphatic rings. The zero-order valence-corrected chi connectivity index (χ0v) is 19.9. The number of rotatable bonds is 6. The van der Waals surface area contributed by atoms with E-state index in [1.807, 2.05) is 13.8 Å². The topological polar surface area (TPSA) is 124 Å². The number of nitrogens with one attached hydrogen (secondary N) is 1. The molecule has 0 spiro atoms. The van der Waals surface area contributed by atoms with Crippen LogP contribution in [0, 0.1) is 16.7 Å². The largest absolute Gasteiger partial charge is 0.497 e. The van der Waals surface area contributed by atoms with Crippen LogP contribution in [0.1, 0.15) is 38.2 Å². The van der Waals surface area contributed by atoms with Gasteiger partial charge in [0.15, 0.2) is 12.4 Å². The summed E-state index contributed by atoms with van der Waals surface area (Å²) in [6.07, 6.45) is 0.853. The van der Waals surface area contributed by atoms with Gasteiger partial charge in [-0.15, -0.1) is 0 Å². The van der Waals surface area contributed by atoms with Gasteiger partial charge in [0.2, 0.25) is 5.88 Å². The fraction of sp³-hybridized carbons (Fsp3) is 0.296. The average molecular weight is 474 g/mol. The summed E-state index contributed by atoms with van der Waals surface area (Å²) < 4.78 is 16.8. The van der Waals surface area contributed by atoms with Crippen LogP contribution in [0.4, 0.5) is 5.69 Å². The van der Waals surface area contributed by atoms with Crippen molar-refractivity contribution in [1.82, 2.24) is 0 Å². The van der Waals surface area contributed by atoms with Gasteiger partial charge in [-0.3, -0.25) is 9.59 Å². The van der Waals surface area contributed by atoms with Crippen molar-refractivity contribution in [2.24, 2.45) is 11.1 Å². The quantitative estimate of drug-likeness (QED) is 0.645. The summed E-state index contributed by atoms with van der Waals surface area (Å²) in [6, 6.07) is 16.1. The molecule has 0 radical (unpaired) electrons. The number of amides is 1. The van der Waals surface area contributed by atoms with Crippen molar-refractivity contribution in [3.8, 4) is 17.6 Å². The number of carbonyl (C=O) groups is 2. The van der Waals surface area contributed by atoms with Crippen LogP contribution in [0.15, 0.2) is 71.3 Å². The molecule has 8 heteroatoms. The molecule has 180 valence electrons. The van der Waals surface area contributed by atoms with Gasteiger partial charge in [0.1, 0.15) is 28.9 Å². The summed E-state index contributed by atoms with van der Waals surface area (Å²) in [6.45, 7) is 3.71. The number of ether oxygens (including phenoxy) is 3. The molecule has 8 nitrogen and oxygen atoms in total. The van der Waals surface area contributed by atoms with Crippen molar-refractivity contribution >= 4 is 17.4 Å². The SMILES string of the molecule is COc1cccc(NC(=O)COc2ccccc2C2C(C#N)=C(N)OC3=C2C(=O)CC(C)(C)C3)c1. The van der Waals surface area contributed by atoms with Gasteiger partial charge in [-0.2, -0.15) is 5.26 Å². The van der Waals surface area contributed by atoms with Gasteiger partial charge < -0.3 is 25.3 Å². The number of anilines is 1. The van der Waals surface area contributed by atoms with E-state index in [0.29, 0.717) is 46.9 Å². The number of nitrogens with zero attached hydrogens (tertiary/aromatic N) is 1. The number of nitrogens with two attached hydrogens (primary N) is 1. The zero-order valence-electron chi connectivity index (χ0n) is 19.9. The molecule has 1 aliphatic carbocycles. The number of carbonyl (C=O) groups excluding carboxylic acids is 2. The van der Waals surface area contributed by atoms with Crippen LogP contribution in [0.3, 0.4) is 0 Å². The van der Waals surface area contributed by atoms with Gasteiger partial charge >= 0.3 is 0 Å². The summed E-state index contributed by atoms with van der Waals surface area (Å²) in [4.78, 5) is 25.8.